The van der Waals surface area contributed by atoms with E-state index in [2.05, 4.69) is 10.3 Å². The number of carbonyl (C=O) groups excluding carboxylic acids is 1. The molecule has 0 unspecified atom stereocenters. The molecule has 1 aromatic carbocycles. The van der Waals surface area contributed by atoms with Crippen LogP contribution >= 0.6 is 0 Å². The zero-order valence-corrected chi connectivity index (χ0v) is 14.7. The Bertz CT molecular complexity index is 778. The number of aromatic nitrogens is 1. The number of aliphatic carboxylic acids is 1. The van der Waals surface area contributed by atoms with E-state index in [1.807, 2.05) is 6.07 Å². The van der Waals surface area contributed by atoms with Gasteiger partial charge in [-0.3, -0.25) is 14.6 Å². The molecular formula is C19H21FN2O4. The molecule has 2 rings (SSSR count). The van der Waals surface area contributed by atoms with Crippen LogP contribution in [0.25, 0.3) is 0 Å². The second-order valence-corrected chi connectivity index (χ2v) is 6.71. The average Bonchev–Trinajstić information content (AvgIpc) is 2.53. The highest BCUT2D eigenvalue weighted by Gasteiger charge is 2.25. The number of hydrogen-bond donors (Lipinski definition) is 2. The van der Waals surface area contributed by atoms with Gasteiger partial charge in [-0.05, 0) is 29.7 Å². The van der Waals surface area contributed by atoms with Crippen molar-refractivity contribution in [1.82, 2.24) is 4.98 Å². The second-order valence-electron chi connectivity index (χ2n) is 6.71. The summed E-state index contributed by atoms with van der Waals surface area (Å²) in [6.45, 7) is 3.51. The number of ether oxygens (including phenoxy) is 1. The molecule has 7 heteroatoms. The average molecular weight is 360 g/mol. The first kappa shape index (κ1) is 19.4. The Kier molecular flexibility index (Phi) is 6.27. The largest absolute Gasteiger partial charge is 0.484 e. The van der Waals surface area contributed by atoms with Gasteiger partial charge in [-0.1, -0.05) is 19.9 Å². The van der Waals surface area contributed by atoms with Crippen LogP contribution in [0.2, 0.25) is 0 Å². The summed E-state index contributed by atoms with van der Waals surface area (Å²) in [5.74, 6) is -1.90. The van der Waals surface area contributed by atoms with Crippen LogP contribution in [-0.2, 0) is 16.2 Å². The summed E-state index contributed by atoms with van der Waals surface area (Å²) in [5, 5.41) is 11.4. The van der Waals surface area contributed by atoms with Crippen LogP contribution in [0.4, 0.5) is 10.1 Å². The quantitative estimate of drug-likeness (QED) is 0.750. The van der Waals surface area contributed by atoms with Crippen molar-refractivity contribution < 1.29 is 23.8 Å². The number of carbonyl (C=O) groups is 2. The second kappa shape index (κ2) is 8.42. The SMILES string of the molecule is CC(C)(CC(=O)O)CC(=O)Nc1ccc(OCc2ccccn2)c(F)c1. The molecule has 0 aliphatic heterocycles. The number of carboxylic acid groups (broad SMARTS) is 1. The summed E-state index contributed by atoms with van der Waals surface area (Å²) in [4.78, 5) is 26.9. The lowest BCUT2D eigenvalue weighted by Gasteiger charge is -2.21. The molecule has 1 amide bonds. The van der Waals surface area contributed by atoms with Crippen molar-refractivity contribution in [2.24, 2.45) is 5.41 Å². The van der Waals surface area contributed by atoms with Crippen molar-refractivity contribution in [2.45, 2.75) is 33.3 Å². The molecular weight excluding hydrogens is 339 g/mol. The summed E-state index contributed by atoms with van der Waals surface area (Å²) in [7, 11) is 0. The molecule has 0 atom stereocenters. The Morgan fingerprint density at radius 1 is 1.23 bits per heavy atom. The number of nitrogens with one attached hydrogen (secondary N) is 1. The van der Waals surface area contributed by atoms with Crippen LogP contribution in [0.5, 0.6) is 5.75 Å². The van der Waals surface area contributed by atoms with E-state index in [4.69, 9.17) is 9.84 Å². The molecule has 0 bridgehead atoms. The number of hydrogen-bond acceptors (Lipinski definition) is 4. The molecule has 0 saturated carbocycles. The van der Waals surface area contributed by atoms with Crippen molar-refractivity contribution >= 4 is 17.6 Å². The number of anilines is 1. The number of carboxylic acids is 1. The van der Waals surface area contributed by atoms with E-state index >= 15 is 0 Å². The van der Waals surface area contributed by atoms with Crippen LogP contribution in [0.3, 0.4) is 0 Å². The van der Waals surface area contributed by atoms with E-state index in [9.17, 15) is 14.0 Å². The molecule has 0 saturated heterocycles. The summed E-state index contributed by atoms with van der Waals surface area (Å²) >= 11 is 0. The maximum Gasteiger partial charge on any atom is 0.303 e. The number of pyridine rings is 1. The first-order valence-corrected chi connectivity index (χ1v) is 8.09. The van der Waals surface area contributed by atoms with Crippen LogP contribution in [-0.4, -0.2) is 22.0 Å². The molecule has 2 aromatic rings. The third-order valence-corrected chi connectivity index (χ3v) is 3.59. The van der Waals surface area contributed by atoms with Crippen molar-refractivity contribution in [3.05, 3.63) is 54.1 Å². The highest BCUT2D eigenvalue weighted by molar-refractivity contribution is 5.91. The van der Waals surface area contributed by atoms with Gasteiger partial charge < -0.3 is 15.2 Å². The van der Waals surface area contributed by atoms with Gasteiger partial charge in [0.15, 0.2) is 11.6 Å². The van der Waals surface area contributed by atoms with E-state index in [1.54, 1.807) is 32.2 Å². The minimum atomic E-state index is -0.969. The molecule has 1 heterocycles. The molecule has 2 N–H and O–H groups in total. The maximum absolute atomic E-state index is 14.1. The number of rotatable bonds is 8. The lowest BCUT2D eigenvalue weighted by atomic mass is 9.85. The van der Waals surface area contributed by atoms with Gasteiger partial charge in [0.25, 0.3) is 0 Å². The molecule has 0 aliphatic rings. The van der Waals surface area contributed by atoms with Crippen LogP contribution in [0.15, 0.2) is 42.6 Å². The molecule has 0 radical (unpaired) electrons. The van der Waals surface area contributed by atoms with E-state index in [0.29, 0.717) is 5.69 Å². The third-order valence-electron chi connectivity index (χ3n) is 3.59. The van der Waals surface area contributed by atoms with Gasteiger partial charge in [0.1, 0.15) is 6.61 Å². The number of nitrogens with zero attached hydrogens (tertiary/aromatic N) is 1. The Morgan fingerprint density at radius 3 is 2.62 bits per heavy atom. The normalized spacial score (nSPS) is 11.0. The van der Waals surface area contributed by atoms with Crippen molar-refractivity contribution in [3.63, 3.8) is 0 Å². The molecule has 1 aromatic heterocycles. The fraction of sp³-hybridized carbons (Fsp3) is 0.316. The lowest BCUT2D eigenvalue weighted by Crippen LogP contribution is -2.24. The van der Waals surface area contributed by atoms with E-state index in [1.165, 1.54) is 12.1 Å². The number of halogens is 1. The first-order chi connectivity index (χ1) is 12.2. The predicted molar refractivity (Wildman–Crippen MR) is 94.2 cm³/mol. The fourth-order valence-electron chi connectivity index (χ4n) is 2.44. The van der Waals surface area contributed by atoms with Gasteiger partial charge in [-0.15, -0.1) is 0 Å². The third kappa shape index (κ3) is 6.16. The Morgan fingerprint density at radius 2 is 2.00 bits per heavy atom. The highest BCUT2D eigenvalue weighted by atomic mass is 19.1. The van der Waals surface area contributed by atoms with Crippen molar-refractivity contribution in [3.8, 4) is 5.75 Å². The summed E-state index contributed by atoms with van der Waals surface area (Å²) in [6, 6.07) is 9.47. The van der Waals surface area contributed by atoms with Crippen molar-refractivity contribution in [2.75, 3.05) is 5.32 Å². The molecule has 6 nitrogen and oxygen atoms in total. The summed E-state index contributed by atoms with van der Waals surface area (Å²) in [5.41, 5.74) is 0.258. The molecule has 0 spiro atoms. The van der Waals surface area contributed by atoms with Crippen LogP contribution in [0.1, 0.15) is 32.4 Å². The Hall–Kier alpha value is -2.96. The van der Waals surface area contributed by atoms with Crippen LogP contribution in [0, 0.1) is 11.2 Å². The fourth-order valence-corrected chi connectivity index (χ4v) is 2.44. The monoisotopic (exact) mass is 360 g/mol. The van der Waals surface area contributed by atoms with Gasteiger partial charge in [0.2, 0.25) is 5.91 Å². The zero-order chi connectivity index (χ0) is 19.2. The summed E-state index contributed by atoms with van der Waals surface area (Å²) < 4.78 is 19.5. The smallest absolute Gasteiger partial charge is 0.303 e. The predicted octanol–water partition coefficient (Wildman–Crippen LogP) is 3.63. The van der Waals surface area contributed by atoms with Gasteiger partial charge in [-0.2, -0.15) is 0 Å². The van der Waals surface area contributed by atoms with Gasteiger partial charge in [0, 0.05) is 24.4 Å². The summed E-state index contributed by atoms with van der Waals surface area (Å²) in [6.07, 6.45) is 1.51. The van der Waals surface area contributed by atoms with Gasteiger partial charge in [-0.25, -0.2) is 4.39 Å². The number of amides is 1. The minimum absolute atomic E-state index is 0.0127. The van der Waals surface area contributed by atoms with Crippen LogP contribution < -0.4 is 10.1 Å². The van der Waals surface area contributed by atoms with Gasteiger partial charge in [0.05, 0.1) is 12.1 Å². The molecule has 0 aliphatic carbocycles. The standard InChI is InChI=1S/C19H21FN2O4/c1-19(2,11-18(24)25)10-17(23)22-13-6-7-16(15(20)9-13)26-12-14-5-3-4-8-21-14/h3-9H,10-12H2,1-2H3,(H,22,23)(H,24,25). The van der Waals surface area contributed by atoms with E-state index in [0.717, 1.165) is 6.07 Å². The topological polar surface area (TPSA) is 88.5 Å². The zero-order valence-electron chi connectivity index (χ0n) is 14.7. The van der Waals surface area contributed by atoms with E-state index in [-0.39, 0.29) is 36.8 Å². The van der Waals surface area contributed by atoms with Gasteiger partial charge >= 0.3 is 5.97 Å². The maximum atomic E-state index is 14.1. The molecule has 0 fully saturated rings. The lowest BCUT2D eigenvalue weighted by molar-refractivity contribution is -0.139. The molecule has 138 valence electrons. The Labute approximate surface area is 151 Å². The van der Waals surface area contributed by atoms with Crippen molar-refractivity contribution in [1.29, 1.82) is 0 Å². The number of benzene rings is 1. The highest BCUT2D eigenvalue weighted by Crippen LogP contribution is 2.27. The molecule has 26 heavy (non-hydrogen) atoms. The minimum Gasteiger partial charge on any atom is -0.484 e. The first-order valence-electron chi connectivity index (χ1n) is 8.09. The van der Waals surface area contributed by atoms with E-state index < -0.39 is 17.2 Å². The Balaban J connectivity index is 1.94.